The van der Waals surface area contributed by atoms with Crippen LogP contribution in [0, 0.1) is 28.1 Å². The summed E-state index contributed by atoms with van der Waals surface area (Å²) in [6, 6.07) is 0. The second-order valence-corrected chi connectivity index (χ2v) is 7.27. The van der Waals surface area contributed by atoms with E-state index in [-0.39, 0.29) is 34.1 Å². The van der Waals surface area contributed by atoms with Crippen LogP contribution in [0.25, 0.3) is 0 Å². The first-order valence-electron chi connectivity index (χ1n) is 6.67. The Hall–Kier alpha value is -0.630. The molecule has 0 saturated heterocycles. The van der Waals surface area contributed by atoms with Crippen molar-refractivity contribution >= 4 is 5.78 Å². The van der Waals surface area contributed by atoms with Crippen LogP contribution in [-0.2, 0) is 4.79 Å². The zero-order valence-electron chi connectivity index (χ0n) is 11.2. The Kier molecular flexibility index (Phi) is 1.92. The molecular formula is C15H22O2. The minimum absolute atomic E-state index is 0.0903. The lowest BCUT2D eigenvalue weighted by Gasteiger charge is -2.40. The van der Waals surface area contributed by atoms with Gasteiger partial charge in [0.05, 0.1) is 6.10 Å². The Morgan fingerprint density at radius 1 is 1.35 bits per heavy atom. The van der Waals surface area contributed by atoms with Crippen molar-refractivity contribution in [1.82, 2.24) is 0 Å². The van der Waals surface area contributed by atoms with Gasteiger partial charge in [-0.25, -0.2) is 0 Å². The van der Waals surface area contributed by atoms with Gasteiger partial charge >= 0.3 is 0 Å². The van der Waals surface area contributed by atoms with Gasteiger partial charge in [-0.1, -0.05) is 33.8 Å². The van der Waals surface area contributed by atoms with Crippen LogP contribution in [0.4, 0.5) is 0 Å². The van der Waals surface area contributed by atoms with Gasteiger partial charge in [-0.2, -0.15) is 0 Å². The third-order valence-electron chi connectivity index (χ3n) is 6.15. The lowest BCUT2D eigenvalue weighted by molar-refractivity contribution is -0.127. The largest absolute Gasteiger partial charge is 0.393 e. The summed E-state index contributed by atoms with van der Waals surface area (Å²) in [5.74, 6) is 0.906. The number of hydrogen-bond donors (Lipinski definition) is 1. The standard InChI is InChI=1S/C15H22O2/c1-9-10(16)7-11-13(2,3)8-14(4)12(17)5-6-15(9,11)14/h5-6,9-11,16H,7-8H2,1-4H3/t9-,10-,11+,14-,15+/m1/s1. The highest BCUT2D eigenvalue weighted by Crippen LogP contribution is 2.74. The molecule has 0 heterocycles. The molecular weight excluding hydrogens is 212 g/mol. The molecule has 1 N–H and O–H groups in total. The molecule has 2 saturated carbocycles. The van der Waals surface area contributed by atoms with Crippen LogP contribution >= 0.6 is 0 Å². The van der Waals surface area contributed by atoms with Gasteiger partial charge in [0.25, 0.3) is 0 Å². The van der Waals surface area contributed by atoms with Crippen molar-refractivity contribution in [3.63, 3.8) is 0 Å². The van der Waals surface area contributed by atoms with Gasteiger partial charge in [-0.15, -0.1) is 0 Å². The first-order valence-corrected chi connectivity index (χ1v) is 6.67. The molecule has 17 heavy (non-hydrogen) atoms. The van der Waals surface area contributed by atoms with E-state index in [1.54, 1.807) is 6.08 Å². The summed E-state index contributed by atoms with van der Waals surface area (Å²) in [6.45, 7) is 8.75. The Bertz CT molecular complexity index is 423. The van der Waals surface area contributed by atoms with Crippen LogP contribution in [0.15, 0.2) is 12.2 Å². The lowest BCUT2D eigenvalue weighted by atomic mass is 9.61. The molecule has 0 aliphatic heterocycles. The van der Waals surface area contributed by atoms with Crippen molar-refractivity contribution in [2.75, 3.05) is 0 Å². The lowest BCUT2D eigenvalue weighted by Crippen LogP contribution is -2.42. The van der Waals surface area contributed by atoms with Crippen LogP contribution in [0.5, 0.6) is 0 Å². The van der Waals surface area contributed by atoms with Crippen LogP contribution in [0.2, 0.25) is 0 Å². The van der Waals surface area contributed by atoms with Crippen molar-refractivity contribution in [2.45, 2.75) is 46.6 Å². The second-order valence-electron chi connectivity index (χ2n) is 7.27. The maximum Gasteiger partial charge on any atom is 0.162 e. The van der Waals surface area contributed by atoms with E-state index in [9.17, 15) is 9.90 Å². The van der Waals surface area contributed by atoms with Crippen molar-refractivity contribution in [3.05, 3.63) is 12.2 Å². The molecule has 0 bridgehead atoms. The number of rotatable bonds is 0. The van der Waals surface area contributed by atoms with E-state index in [2.05, 4.69) is 33.8 Å². The van der Waals surface area contributed by atoms with Gasteiger partial charge < -0.3 is 5.11 Å². The molecule has 0 aromatic carbocycles. The monoisotopic (exact) mass is 234 g/mol. The number of carbonyl (C=O) groups excluding carboxylic acids is 1. The van der Waals surface area contributed by atoms with Gasteiger partial charge in [-0.3, -0.25) is 4.79 Å². The Labute approximate surface area is 103 Å². The second kappa shape index (κ2) is 2.85. The maximum atomic E-state index is 12.3. The van der Waals surface area contributed by atoms with Gasteiger partial charge in [0, 0.05) is 10.8 Å². The first-order chi connectivity index (χ1) is 7.76. The van der Waals surface area contributed by atoms with Crippen molar-refractivity contribution < 1.29 is 9.90 Å². The van der Waals surface area contributed by atoms with Gasteiger partial charge in [0.1, 0.15) is 0 Å². The SMILES string of the molecule is C[C@@H]1[C@H](O)C[C@H]2C(C)(C)C[C@]3(C)C(=O)C=C[C@]123. The minimum Gasteiger partial charge on any atom is -0.393 e. The predicted molar refractivity (Wildman–Crippen MR) is 66.4 cm³/mol. The number of allylic oxidation sites excluding steroid dienone is 2. The Morgan fingerprint density at radius 3 is 2.65 bits per heavy atom. The van der Waals surface area contributed by atoms with Gasteiger partial charge in [0.2, 0.25) is 0 Å². The molecule has 0 unspecified atom stereocenters. The first kappa shape index (κ1) is 11.5. The zero-order valence-corrected chi connectivity index (χ0v) is 11.2. The van der Waals surface area contributed by atoms with Crippen LogP contribution in [-0.4, -0.2) is 17.0 Å². The molecule has 0 aromatic heterocycles. The average Bonchev–Trinajstić information content (AvgIpc) is 2.68. The van der Waals surface area contributed by atoms with E-state index in [0.717, 1.165) is 12.8 Å². The highest BCUT2D eigenvalue weighted by atomic mass is 16.3. The smallest absolute Gasteiger partial charge is 0.162 e. The number of hydrogen-bond acceptors (Lipinski definition) is 2. The summed E-state index contributed by atoms with van der Waals surface area (Å²) in [5, 5.41) is 10.2. The topological polar surface area (TPSA) is 37.3 Å². The Balaban J connectivity index is 2.22. The fraction of sp³-hybridized carbons (Fsp3) is 0.800. The van der Waals surface area contributed by atoms with E-state index in [4.69, 9.17) is 0 Å². The summed E-state index contributed by atoms with van der Waals surface area (Å²) in [4.78, 5) is 12.3. The quantitative estimate of drug-likeness (QED) is 0.699. The van der Waals surface area contributed by atoms with Crippen molar-refractivity contribution in [3.8, 4) is 0 Å². The van der Waals surface area contributed by atoms with E-state index < -0.39 is 0 Å². The molecule has 0 radical (unpaired) electrons. The van der Waals surface area contributed by atoms with Crippen molar-refractivity contribution in [1.29, 1.82) is 0 Å². The van der Waals surface area contributed by atoms with E-state index >= 15 is 0 Å². The number of ketones is 1. The molecule has 0 amide bonds. The van der Waals surface area contributed by atoms with E-state index in [1.807, 2.05) is 0 Å². The maximum absolute atomic E-state index is 12.3. The van der Waals surface area contributed by atoms with Crippen LogP contribution in [0.3, 0.4) is 0 Å². The van der Waals surface area contributed by atoms with Gasteiger partial charge in [-0.05, 0) is 36.2 Å². The summed E-state index contributed by atoms with van der Waals surface area (Å²) in [6.07, 6.45) is 5.45. The fourth-order valence-electron chi connectivity index (χ4n) is 5.47. The normalized spacial score (nSPS) is 55.1. The van der Waals surface area contributed by atoms with Gasteiger partial charge in [0.15, 0.2) is 5.78 Å². The molecule has 2 heteroatoms. The summed E-state index contributed by atoms with van der Waals surface area (Å²) >= 11 is 0. The molecule has 1 spiro atoms. The molecule has 94 valence electrons. The summed E-state index contributed by atoms with van der Waals surface area (Å²) in [5.41, 5.74) is -0.216. The molecule has 0 aromatic rings. The highest BCUT2D eigenvalue weighted by molar-refractivity contribution is 5.99. The summed E-state index contributed by atoms with van der Waals surface area (Å²) in [7, 11) is 0. The average molecular weight is 234 g/mol. The highest BCUT2D eigenvalue weighted by Gasteiger charge is 2.72. The molecule has 3 rings (SSSR count). The van der Waals surface area contributed by atoms with E-state index in [1.165, 1.54) is 0 Å². The van der Waals surface area contributed by atoms with E-state index in [0.29, 0.717) is 5.92 Å². The minimum atomic E-state index is -0.280. The predicted octanol–water partition coefficient (Wildman–Crippen LogP) is 2.56. The molecule has 5 atom stereocenters. The molecule has 3 aliphatic rings. The molecule has 2 fully saturated rings. The Morgan fingerprint density at radius 2 is 2.00 bits per heavy atom. The fourth-order valence-corrected chi connectivity index (χ4v) is 5.47. The van der Waals surface area contributed by atoms with Crippen LogP contribution < -0.4 is 0 Å². The molecule has 2 nitrogen and oxygen atoms in total. The van der Waals surface area contributed by atoms with Crippen LogP contribution in [0.1, 0.15) is 40.5 Å². The number of carbonyl (C=O) groups is 1. The number of aliphatic hydroxyl groups is 1. The molecule has 3 aliphatic carbocycles. The zero-order chi connectivity index (χ0) is 12.6. The number of aliphatic hydroxyl groups excluding tert-OH is 1. The third kappa shape index (κ3) is 1.00. The van der Waals surface area contributed by atoms with Crippen molar-refractivity contribution in [2.24, 2.45) is 28.1 Å². The third-order valence-corrected chi connectivity index (χ3v) is 6.15. The summed E-state index contributed by atoms with van der Waals surface area (Å²) < 4.78 is 0.